The van der Waals surface area contributed by atoms with Gasteiger partial charge in [0.05, 0.1) is 5.84 Å². The molecule has 90 valence electrons. The number of anilines is 1. The van der Waals surface area contributed by atoms with Gasteiger partial charge in [-0.2, -0.15) is 4.98 Å². The number of amidine groups is 1. The fraction of sp³-hybridized carbons (Fsp3) is 0.333. The van der Waals surface area contributed by atoms with E-state index in [1.807, 2.05) is 43.1 Å². The molecule has 0 saturated carbocycles. The molecular formula is C12H16N4O. The molecule has 1 aromatic carbocycles. The van der Waals surface area contributed by atoms with E-state index in [9.17, 15) is 0 Å². The fourth-order valence-electron chi connectivity index (χ4n) is 1.65. The van der Waals surface area contributed by atoms with Gasteiger partial charge in [0.15, 0.2) is 5.58 Å². The maximum Gasteiger partial charge on any atom is 0.298 e. The van der Waals surface area contributed by atoms with Gasteiger partial charge in [0.2, 0.25) is 0 Å². The minimum Gasteiger partial charge on any atom is -0.423 e. The Bertz CT molecular complexity index is 501. The number of hydrogen-bond acceptors (Lipinski definition) is 4. The predicted octanol–water partition coefficient (Wildman–Crippen LogP) is 1.98. The number of rotatable bonds is 4. The van der Waals surface area contributed by atoms with Gasteiger partial charge >= 0.3 is 0 Å². The molecule has 3 N–H and O–H groups in total. The van der Waals surface area contributed by atoms with Crippen LogP contribution >= 0.6 is 0 Å². The molecule has 0 bridgehead atoms. The highest BCUT2D eigenvalue weighted by molar-refractivity contribution is 5.78. The molecule has 2 rings (SSSR count). The molecule has 1 atom stereocenters. The van der Waals surface area contributed by atoms with Gasteiger partial charge in [-0.05, 0) is 19.1 Å². The van der Waals surface area contributed by atoms with Crippen LogP contribution in [0.1, 0.15) is 13.3 Å². The first-order valence-corrected chi connectivity index (χ1v) is 5.49. The molecule has 0 aliphatic carbocycles. The van der Waals surface area contributed by atoms with E-state index in [1.54, 1.807) is 0 Å². The van der Waals surface area contributed by atoms with Gasteiger partial charge in [-0.3, -0.25) is 5.41 Å². The van der Waals surface area contributed by atoms with Crippen LogP contribution in [0.2, 0.25) is 0 Å². The number of nitrogens with one attached hydrogen (secondary N) is 1. The fourth-order valence-corrected chi connectivity index (χ4v) is 1.65. The lowest BCUT2D eigenvalue weighted by Crippen LogP contribution is -2.32. The maximum atomic E-state index is 7.29. The zero-order valence-electron chi connectivity index (χ0n) is 9.97. The Morgan fingerprint density at radius 2 is 2.24 bits per heavy atom. The highest BCUT2D eigenvalue weighted by Crippen LogP contribution is 2.22. The monoisotopic (exact) mass is 232 g/mol. The van der Waals surface area contributed by atoms with E-state index in [-0.39, 0.29) is 11.9 Å². The largest absolute Gasteiger partial charge is 0.423 e. The van der Waals surface area contributed by atoms with Crippen LogP contribution in [-0.4, -0.2) is 23.9 Å². The summed E-state index contributed by atoms with van der Waals surface area (Å²) in [7, 11) is 1.89. The highest BCUT2D eigenvalue weighted by Gasteiger charge is 2.16. The average molecular weight is 232 g/mol. The molecule has 5 heteroatoms. The number of fused-ring (bicyclic) bond motifs is 1. The molecule has 0 aliphatic rings. The zero-order valence-corrected chi connectivity index (χ0v) is 9.97. The van der Waals surface area contributed by atoms with Crippen LogP contribution < -0.4 is 10.6 Å². The minimum absolute atomic E-state index is 0.0839. The lowest BCUT2D eigenvalue weighted by molar-refractivity contribution is 0.553. The van der Waals surface area contributed by atoms with Gasteiger partial charge in [-0.1, -0.05) is 12.1 Å². The number of para-hydroxylation sites is 2. The number of hydrogen-bond donors (Lipinski definition) is 2. The van der Waals surface area contributed by atoms with Crippen molar-refractivity contribution >= 4 is 22.9 Å². The van der Waals surface area contributed by atoms with Gasteiger partial charge in [-0.15, -0.1) is 0 Å². The molecule has 2 aromatic rings. The summed E-state index contributed by atoms with van der Waals surface area (Å²) in [6, 6.07) is 8.27. The van der Waals surface area contributed by atoms with E-state index in [4.69, 9.17) is 15.6 Å². The van der Waals surface area contributed by atoms with Crippen LogP contribution in [0.15, 0.2) is 28.7 Å². The predicted molar refractivity (Wildman–Crippen MR) is 68.4 cm³/mol. The van der Waals surface area contributed by atoms with Crippen LogP contribution in [0.25, 0.3) is 11.1 Å². The van der Waals surface area contributed by atoms with Gasteiger partial charge in [0, 0.05) is 19.5 Å². The van der Waals surface area contributed by atoms with E-state index < -0.39 is 0 Å². The third-order valence-electron chi connectivity index (χ3n) is 2.76. The van der Waals surface area contributed by atoms with Crippen molar-refractivity contribution in [2.45, 2.75) is 19.4 Å². The Hall–Kier alpha value is -2.04. The molecule has 17 heavy (non-hydrogen) atoms. The van der Waals surface area contributed by atoms with E-state index >= 15 is 0 Å². The topological polar surface area (TPSA) is 79.1 Å². The first-order valence-electron chi connectivity index (χ1n) is 5.49. The van der Waals surface area contributed by atoms with Crippen molar-refractivity contribution in [1.82, 2.24) is 4.98 Å². The van der Waals surface area contributed by atoms with Gasteiger partial charge < -0.3 is 15.1 Å². The summed E-state index contributed by atoms with van der Waals surface area (Å²) in [5, 5.41) is 7.29. The summed E-state index contributed by atoms with van der Waals surface area (Å²) in [5.41, 5.74) is 7.00. The second-order valence-corrected chi connectivity index (χ2v) is 4.15. The third kappa shape index (κ3) is 2.38. The third-order valence-corrected chi connectivity index (χ3v) is 2.76. The Morgan fingerprint density at radius 3 is 2.88 bits per heavy atom. The Kier molecular flexibility index (Phi) is 2.99. The standard InChI is InChI=1S/C12H16N4O/c1-8(7-11(13)14)16(2)12-15-9-5-3-4-6-10(9)17-12/h3-6,8H,7H2,1-2H3,(H3,13,14). The number of nitrogens with zero attached hydrogens (tertiary/aromatic N) is 2. The van der Waals surface area contributed by atoms with Crippen LogP contribution in [0.3, 0.4) is 0 Å². The summed E-state index contributed by atoms with van der Waals surface area (Å²) in [5.74, 6) is 0.167. The SMILES string of the molecule is CC(CC(=N)N)N(C)c1nc2ccccc2o1. The molecule has 1 heterocycles. The van der Waals surface area contributed by atoms with Crippen molar-refractivity contribution < 1.29 is 4.42 Å². The molecule has 0 spiro atoms. The number of aromatic nitrogens is 1. The number of oxazole rings is 1. The second kappa shape index (κ2) is 4.45. The molecule has 5 nitrogen and oxygen atoms in total. The van der Waals surface area contributed by atoms with Crippen molar-refractivity contribution in [2.75, 3.05) is 11.9 Å². The first-order chi connectivity index (χ1) is 8.08. The molecular weight excluding hydrogens is 216 g/mol. The number of nitrogens with two attached hydrogens (primary N) is 1. The Morgan fingerprint density at radius 1 is 1.53 bits per heavy atom. The molecule has 1 aromatic heterocycles. The van der Waals surface area contributed by atoms with E-state index in [0.717, 1.165) is 11.1 Å². The Labute approximate surface area is 99.7 Å². The van der Waals surface area contributed by atoms with Crippen molar-refractivity contribution in [2.24, 2.45) is 5.73 Å². The van der Waals surface area contributed by atoms with Gasteiger partial charge in [-0.25, -0.2) is 0 Å². The van der Waals surface area contributed by atoms with Crippen LogP contribution in [0, 0.1) is 5.41 Å². The second-order valence-electron chi connectivity index (χ2n) is 4.15. The van der Waals surface area contributed by atoms with Crippen LogP contribution in [-0.2, 0) is 0 Å². The minimum atomic E-state index is 0.0839. The van der Waals surface area contributed by atoms with E-state index in [1.165, 1.54) is 0 Å². The molecule has 0 amide bonds. The summed E-state index contributed by atoms with van der Waals surface area (Å²) < 4.78 is 5.64. The summed E-state index contributed by atoms with van der Waals surface area (Å²) in [4.78, 5) is 6.28. The Balaban J connectivity index is 2.24. The van der Waals surface area contributed by atoms with Gasteiger partial charge in [0.1, 0.15) is 5.52 Å². The zero-order chi connectivity index (χ0) is 12.4. The van der Waals surface area contributed by atoms with Gasteiger partial charge in [0.25, 0.3) is 6.01 Å². The molecule has 0 saturated heterocycles. The van der Waals surface area contributed by atoms with Crippen LogP contribution in [0.5, 0.6) is 0 Å². The lowest BCUT2D eigenvalue weighted by Gasteiger charge is -2.22. The molecule has 0 radical (unpaired) electrons. The van der Waals surface area contributed by atoms with E-state index in [2.05, 4.69) is 4.98 Å². The number of benzene rings is 1. The summed E-state index contributed by atoms with van der Waals surface area (Å²) >= 11 is 0. The quantitative estimate of drug-likeness (QED) is 0.624. The van der Waals surface area contributed by atoms with Crippen molar-refractivity contribution in [3.63, 3.8) is 0 Å². The normalized spacial score (nSPS) is 12.6. The molecule has 1 unspecified atom stereocenters. The smallest absolute Gasteiger partial charge is 0.298 e. The average Bonchev–Trinajstić information content (AvgIpc) is 2.70. The van der Waals surface area contributed by atoms with Crippen LogP contribution in [0.4, 0.5) is 6.01 Å². The maximum absolute atomic E-state index is 7.29. The van der Waals surface area contributed by atoms with E-state index in [0.29, 0.717) is 12.4 Å². The summed E-state index contributed by atoms with van der Waals surface area (Å²) in [6.07, 6.45) is 0.495. The molecule has 0 fully saturated rings. The lowest BCUT2D eigenvalue weighted by atomic mass is 10.2. The van der Waals surface area contributed by atoms with Crippen molar-refractivity contribution in [3.05, 3.63) is 24.3 Å². The summed E-state index contributed by atoms with van der Waals surface area (Å²) in [6.45, 7) is 1.98. The van der Waals surface area contributed by atoms with Crippen molar-refractivity contribution in [1.29, 1.82) is 5.41 Å². The highest BCUT2D eigenvalue weighted by atomic mass is 16.4. The van der Waals surface area contributed by atoms with Crippen molar-refractivity contribution in [3.8, 4) is 0 Å². The first kappa shape index (κ1) is 11.4. The molecule has 0 aliphatic heterocycles.